The maximum atomic E-state index is 11.7. The molecule has 0 heterocycles. The van der Waals surface area contributed by atoms with Crippen molar-refractivity contribution in [1.82, 2.24) is 5.32 Å². The smallest absolute Gasteiger partial charge is 0.338 e. The number of methoxy groups -OCH3 is 1. The van der Waals surface area contributed by atoms with Crippen molar-refractivity contribution in [2.75, 3.05) is 25.6 Å². The van der Waals surface area contributed by atoms with Crippen molar-refractivity contribution in [2.45, 2.75) is 6.92 Å². The summed E-state index contributed by atoms with van der Waals surface area (Å²) in [5.74, 6) is 0.250. The second-order valence-electron chi connectivity index (χ2n) is 5.13. The van der Waals surface area contributed by atoms with Crippen molar-refractivity contribution in [2.24, 2.45) is 0 Å². The van der Waals surface area contributed by atoms with Gasteiger partial charge in [0.1, 0.15) is 12.4 Å². The van der Waals surface area contributed by atoms with Gasteiger partial charge in [0.25, 0.3) is 0 Å². The monoisotopic (exact) mass is 378 g/mol. The van der Waals surface area contributed by atoms with Gasteiger partial charge < -0.3 is 20.1 Å². The van der Waals surface area contributed by atoms with Gasteiger partial charge in [-0.05, 0) is 49.0 Å². The summed E-state index contributed by atoms with van der Waals surface area (Å²) < 4.78 is 10.3. The van der Waals surface area contributed by atoms with E-state index in [1.165, 1.54) is 7.11 Å². The minimum Gasteiger partial charge on any atom is -0.490 e. The standard InChI is InChI=1S/C18H19ClN2O3S/c1-12-13(17(22)23-2)6-5-8-15(12)21-18(25)20-10-11-24-16-9-4-3-7-14(16)19/h3-9H,10-11H2,1-2H3,(H2,20,21,25). The lowest BCUT2D eigenvalue weighted by Gasteiger charge is -2.14. The summed E-state index contributed by atoms with van der Waals surface area (Å²) in [6.45, 7) is 2.75. The molecule has 0 aromatic heterocycles. The van der Waals surface area contributed by atoms with Gasteiger partial charge >= 0.3 is 5.97 Å². The molecule has 2 aromatic rings. The van der Waals surface area contributed by atoms with Crippen LogP contribution in [-0.2, 0) is 4.74 Å². The molecule has 2 rings (SSSR count). The maximum Gasteiger partial charge on any atom is 0.338 e. The van der Waals surface area contributed by atoms with E-state index in [4.69, 9.17) is 33.3 Å². The van der Waals surface area contributed by atoms with Crippen LogP contribution in [0.15, 0.2) is 42.5 Å². The fourth-order valence-electron chi connectivity index (χ4n) is 2.16. The van der Waals surface area contributed by atoms with Crippen molar-refractivity contribution in [1.29, 1.82) is 0 Å². The first-order valence-electron chi connectivity index (χ1n) is 7.63. The second-order valence-corrected chi connectivity index (χ2v) is 5.94. The fourth-order valence-corrected chi connectivity index (χ4v) is 2.56. The van der Waals surface area contributed by atoms with Crippen LogP contribution in [0.4, 0.5) is 5.69 Å². The van der Waals surface area contributed by atoms with Gasteiger partial charge in [0.2, 0.25) is 0 Å². The van der Waals surface area contributed by atoms with Crippen LogP contribution in [0.1, 0.15) is 15.9 Å². The van der Waals surface area contributed by atoms with Crippen molar-refractivity contribution in [3.8, 4) is 5.75 Å². The van der Waals surface area contributed by atoms with Crippen molar-refractivity contribution in [3.05, 3.63) is 58.6 Å². The quantitative estimate of drug-likeness (QED) is 0.453. The van der Waals surface area contributed by atoms with E-state index in [9.17, 15) is 4.79 Å². The Labute approximate surface area is 157 Å². The average Bonchev–Trinajstić information content (AvgIpc) is 2.61. The summed E-state index contributed by atoms with van der Waals surface area (Å²) >= 11 is 11.3. The molecule has 0 saturated carbocycles. The lowest BCUT2D eigenvalue weighted by molar-refractivity contribution is 0.0600. The molecule has 0 saturated heterocycles. The number of carbonyl (C=O) groups is 1. The molecule has 0 spiro atoms. The molecule has 0 radical (unpaired) electrons. The van der Waals surface area contributed by atoms with E-state index in [1.54, 1.807) is 24.3 Å². The minimum absolute atomic E-state index is 0.381. The lowest BCUT2D eigenvalue weighted by atomic mass is 10.1. The summed E-state index contributed by atoms with van der Waals surface area (Å²) in [4.78, 5) is 11.7. The number of para-hydroxylation sites is 1. The van der Waals surface area contributed by atoms with E-state index in [1.807, 2.05) is 25.1 Å². The Bertz CT molecular complexity index is 768. The first kappa shape index (κ1) is 19.0. The number of carbonyl (C=O) groups excluding carboxylic acids is 1. The van der Waals surface area contributed by atoms with Crippen LogP contribution in [0.5, 0.6) is 5.75 Å². The van der Waals surface area contributed by atoms with E-state index in [-0.39, 0.29) is 5.97 Å². The molecule has 0 atom stereocenters. The molecule has 0 unspecified atom stereocenters. The molecule has 7 heteroatoms. The molecule has 25 heavy (non-hydrogen) atoms. The number of rotatable bonds is 6. The van der Waals surface area contributed by atoms with Gasteiger partial charge in [-0.1, -0.05) is 29.8 Å². The van der Waals surface area contributed by atoms with Gasteiger partial charge in [-0.3, -0.25) is 0 Å². The summed E-state index contributed by atoms with van der Waals surface area (Å²) in [6.07, 6.45) is 0. The highest BCUT2D eigenvalue weighted by Crippen LogP contribution is 2.22. The first-order valence-corrected chi connectivity index (χ1v) is 8.41. The van der Waals surface area contributed by atoms with E-state index in [0.717, 1.165) is 11.3 Å². The third-order valence-corrected chi connectivity index (χ3v) is 4.03. The topological polar surface area (TPSA) is 59.6 Å². The number of ether oxygens (including phenoxy) is 2. The zero-order valence-electron chi connectivity index (χ0n) is 14.0. The lowest BCUT2D eigenvalue weighted by Crippen LogP contribution is -2.32. The molecule has 132 valence electrons. The van der Waals surface area contributed by atoms with E-state index in [0.29, 0.717) is 34.6 Å². The zero-order chi connectivity index (χ0) is 18.2. The largest absolute Gasteiger partial charge is 0.490 e. The summed E-state index contributed by atoms with van der Waals surface area (Å²) in [7, 11) is 1.35. The SMILES string of the molecule is COC(=O)c1cccc(NC(=S)NCCOc2ccccc2Cl)c1C. The van der Waals surface area contributed by atoms with Crippen LogP contribution in [0.2, 0.25) is 5.02 Å². The van der Waals surface area contributed by atoms with Gasteiger partial charge in [-0.15, -0.1) is 0 Å². The minimum atomic E-state index is -0.381. The molecule has 0 aliphatic heterocycles. The normalized spacial score (nSPS) is 10.0. The molecule has 0 amide bonds. The Hall–Kier alpha value is -2.31. The van der Waals surface area contributed by atoms with Gasteiger partial charge in [0.05, 0.1) is 24.2 Å². The second kappa shape index (κ2) is 9.25. The predicted octanol–water partition coefficient (Wildman–Crippen LogP) is 3.80. The van der Waals surface area contributed by atoms with Crippen LogP contribution in [0, 0.1) is 6.92 Å². The Balaban J connectivity index is 1.85. The third-order valence-electron chi connectivity index (χ3n) is 3.47. The van der Waals surface area contributed by atoms with Crippen molar-refractivity contribution >= 4 is 40.6 Å². The van der Waals surface area contributed by atoms with Crippen LogP contribution in [-0.4, -0.2) is 31.3 Å². The van der Waals surface area contributed by atoms with E-state index < -0.39 is 0 Å². The number of thiocarbonyl (C=S) groups is 1. The summed E-state index contributed by atoms with van der Waals surface area (Å²) in [6, 6.07) is 12.6. The highest BCUT2D eigenvalue weighted by Gasteiger charge is 2.12. The Morgan fingerprint density at radius 3 is 2.68 bits per heavy atom. The molecule has 2 aromatic carbocycles. The third kappa shape index (κ3) is 5.34. The molecule has 0 bridgehead atoms. The molecule has 0 aliphatic rings. The molecular formula is C18H19ClN2O3S. The highest BCUT2D eigenvalue weighted by molar-refractivity contribution is 7.80. The van der Waals surface area contributed by atoms with Crippen LogP contribution < -0.4 is 15.4 Å². The number of hydrogen-bond donors (Lipinski definition) is 2. The van der Waals surface area contributed by atoms with E-state index in [2.05, 4.69) is 10.6 Å². The Morgan fingerprint density at radius 1 is 1.20 bits per heavy atom. The highest BCUT2D eigenvalue weighted by atomic mass is 35.5. The van der Waals surface area contributed by atoms with Crippen LogP contribution in [0.3, 0.4) is 0 Å². The number of nitrogens with one attached hydrogen (secondary N) is 2. The fraction of sp³-hybridized carbons (Fsp3) is 0.222. The summed E-state index contributed by atoms with van der Waals surface area (Å²) in [5.41, 5.74) is 2.01. The van der Waals surface area contributed by atoms with Gasteiger partial charge in [-0.2, -0.15) is 0 Å². The zero-order valence-corrected chi connectivity index (χ0v) is 15.5. The average molecular weight is 379 g/mol. The van der Waals surface area contributed by atoms with Crippen molar-refractivity contribution in [3.63, 3.8) is 0 Å². The number of benzene rings is 2. The van der Waals surface area contributed by atoms with Crippen LogP contribution >= 0.6 is 23.8 Å². The number of halogens is 1. The van der Waals surface area contributed by atoms with E-state index >= 15 is 0 Å². The molecular weight excluding hydrogens is 360 g/mol. The van der Waals surface area contributed by atoms with Gasteiger partial charge in [-0.25, -0.2) is 4.79 Å². The van der Waals surface area contributed by atoms with Crippen molar-refractivity contribution < 1.29 is 14.3 Å². The summed E-state index contributed by atoms with van der Waals surface area (Å²) in [5, 5.41) is 7.12. The number of hydrogen-bond acceptors (Lipinski definition) is 4. The van der Waals surface area contributed by atoms with Crippen LogP contribution in [0.25, 0.3) is 0 Å². The molecule has 5 nitrogen and oxygen atoms in total. The van der Waals surface area contributed by atoms with Gasteiger partial charge in [0.15, 0.2) is 5.11 Å². The molecule has 0 aliphatic carbocycles. The predicted molar refractivity (Wildman–Crippen MR) is 104 cm³/mol. The Morgan fingerprint density at radius 2 is 1.96 bits per heavy atom. The number of anilines is 1. The number of esters is 1. The Kier molecular flexibility index (Phi) is 7.03. The maximum absolute atomic E-state index is 11.7. The molecule has 2 N–H and O–H groups in total. The van der Waals surface area contributed by atoms with Gasteiger partial charge in [0, 0.05) is 5.69 Å². The first-order chi connectivity index (χ1) is 12.0. The molecule has 0 fully saturated rings.